The number of pyridine rings is 1. The number of aryl methyl sites for hydroxylation is 1. The Balaban J connectivity index is 1.47. The van der Waals surface area contributed by atoms with E-state index in [1.807, 2.05) is 23.1 Å². The average Bonchev–Trinajstić information content (AvgIpc) is 2.99. The molecular weight excluding hydrogens is 302 g/mol. The number of carbonyl (C=O) groups excluding carboxylic acids is 1. The zero-order valence-electron chi connectivity index (χ0n) is 12.3. The largest absolute Gasteiger partial charge is 0.416 e. The number of aromatic nitrogens is 3. The van der Waals surface area contributed by atoms with Crippen LogP contribution in [0, 0.1) is 6.92 Å². The predicted octanol–water partition coefficient (Wildman–Crippen LogP) is 1.21. The van der Waals surface area contributed by atoms with Gasteiger partial charge in [0, 0.05) is 39.3 Å². The number of anilines is 1. The van der Waals surface area contributed by atoms with Gasteiger partial charge in [0.2, 0.25) is 11.8 Å². The second-order valence-electron chi connectivity index (χ2n) is 4.93. The van der Waals surface area contributed by atoms with Crippen LogP contribution in [0.15, 0.2) is 34.0 Å². The van der Waals surface area contributed by atoms with Gasteiger partial charge in [0.05, 0.1) is 5.75 Å². The number of piperazine rings is 1. The third-order valence-corrected chi connectivity index (χ3v) is 4.24. The Morgan fingerprint density at radius 1 is 1.27 bits per heavy atom. The fraction of sp³-hybridized carbons (Fsp3) is 0.429. The van der Waals surface area contributed by atoms with Crippen LogP contribution in [0.25, 0.3) is 0 Å². The highest BCUT2D eigenvalue weighted by Gasteiger charge is 2.22. The fourth-order valence-corrected chi connectivity index (χ4v) is 2.98. The maximum absolute atomic E-state index is 12.2. The van der Waals surface area contributed by atoms with Crippen LogP contribution in [0.3, 0.4) is 0 Å². The van der Waals surface area contributed by atoms with E-state index in [9.17, 15) is 4.79 Å². The lowest BCUT2D eigenvalue weighted by Gasteiger charge is -2.35. The standard InChI is InChI=1S/C14H17N5O2S/c1-11-16-17-14(21-11)22-10-13(20)19-8-6-18(7-9-19)12-4-2-3-5-15-12/h2-5H,6-10H2,1H3. The zero-order chi connectivity index (χ0) is 15.4. The minimum Gasteiger partial charge on any atom is -0.416 e. The summed E-state index contributed by atoms with van der Waals surface area (Å²) < 4.78 is 5.25. The summed E-state index contributed by atoms with van der Waals surface area (Å²) >= 11 is 1.28. The van der Waals surface area contributed by atoms with Crippen molar-refractivity contribution in [3.8, 4) is 0 Å². The molecule has 1 aliphatic rings. The molecule has 22 heavy (non-hydrogen) atoms. The summed E-state index contributed by atoms with van der Waals surface area (Å²) in [6, 6.07) is 5.87. The van der Waals surface area contributed by atoms with Crippen molar-refractivity contribution in [3.05, 3.63) is 30.3 Å². The van der Waals surface area contributed by atoms with Crippen LogP contribution in [0.1, 0.15) is 5.89 Å². The molecule has 1 amide bonds. The third kappa shape index (κ3) is 3.56. The summed E-state index contributed by atoms with van der Waals surface area (Å²) in [6.45, 7) is 4.74. The molecule has 8 heteroatoms. The summed E-state index contributed by atoms with van der Waals surface area (Å²) in [7, 11) is 0. The molecule has 0 radical (unpaired) electrons. The lowest BCUT2D eigenvalue weighted by Crippen LogP contribution is -2.49. The van der Waals surface area contributed by atoms with Gasteiger partial charge in [-0.05, 0) is 12.1 Å². The van der Waals surface area contributed by atoms with Gasteiger partial charge in [0.15, 0.2) is 0 Å². The maximum Gasteiger partial charge on any atom is 0.277 e. The van der Waals surface area contributed by atoms with Crippen LogP contribution in [0.5, 0.6) is 0 Å². The van der Waals surface area contributed by atoms with Gasteiger partial charge in [-0.15, -0.1) is 10.2 Å². The Labute approximate surface area is 132 Å². The van der Waals surface area contributed by atoms with E-state index in [2.05, 4.69) is 20.1 Å². The smallest absolute Gasteiger partial charge is 0.277 e. The van der Waals surface area contributed by atoms with Crippen LogP contribution in [0.4, 0.5) is 5.82 Å². The molecule has 1 fully saturated rings. The van der Waals surface area contributed by atoms with Gasteiger partial charge >= 0.3 is 0 Å². The molecule has 0 spiro atoms. The molecule has 2 aromatic heterocycles. The van der Waals surface area contributed by atoms with Gasteiger partial charge in [-0.2, -0.15) is 0 Å². The first-order chi connectivity index (χ1) is 10.7. The normalized spacial score (nSPS) is 15.1. The Hall–Kier alpha value is -2.09. The number of amides is 1. The Kier molecular flexibility index (Phi) is 4.57. The van der Waals surface area contributed by atoms with Crippen LogP contribution >= 0.6 is 11.8 Å². The summed E-state index contributed by atoms with van der Waals surface area (Å²) in [5.41, 5.74) is 0. The highest BCUT2D eigenvalue weighted by Crippen LogP contribution is 2.17. The zero-order valence-corrected chi connectivity index (χ0v) is 13.1. The van der Waals surface area contributed by atoms with Crippen molar-refractivity contribution in [2.24, 2.45) is 0 Å². The highest BCUT2D eigenvalue weighted by atomic mass is 32.2. The molecule has 3 heterocycles. The lowest BCUT2D eigenvalue weighted by atomic mass is 10.3. The van der Waals surface area contributed by atoms with Crippen LogP contribution in [-0.2, 0) is 4.79 Å². The van der Waals surface area contributed by atoms with E-state index >= 15 is 0 Å². The SMILES string of the molecule is Cc1nnc(SCC(=O)N2CCN(c3ccccn3)CC2)o1. The first kappa shape index (κ1) is 14.8. The molecule has 0 bridgehead atoms. The van der Waals surface area contributed by atoms with Crippen molar-refractivity contribution in [2.75, 3.05) is 36.8 Å². The lowest BCUT2D eigenvalue weighted by molar-refractivity contribution is -0.128. The molecular formula is C14H17N5O2S. The van der Waals surface area contributed by atoms with Crippen molar-refractivity contribution < 1.29 is 9.21 Å². The van der Waals surface area contributed by atoms with E-state index in [-0.39, 0.29) is 5.91 Å². The Morgan fingerprint density at radius 2 is 2.09 bits per heavy atom. The number of hydrogen-bond acceptors (Lipinski definition) is 7. The van der Waals surface area contributed by atoms with Gasteiger partial charge in [-0.1, -0.05) is 17.8 Å². The van der Waals surface area contributed by atoms with Crippen molar-refractivity contribution in [3.63, 3.8) is 0 Å². The van der Waals surface area contributed by atoms with E-state index < -0.39 is 0 Å². The van der Waals surface area contributed by atoms with Gasteiger partial charge in [-0.25, -0.2) is 4.98 Å². The molecule has 1 aliphatic heterocycles. The average molecular weight is 319 g/mol. The Bertz CT molecular complexity index is 625. The number of thioether (sulfide) groups is 1. The molecule has 1 saturated heterocycles. The summed E-state index contributed by atoms with van der Waals surface area (Å²) in [5.74, 6) is 1.90. The molecule has 0 unspecified atom stereocenters. The molecule has 7 nitrogen and oxygen atoms in total. The molecule has 116 valence electrons. The molecule has 2 aromatic rings. The predicted molar refractivity (Wildman–Crippen MR) is 82.8 cm³/mol. The van der Waals surface area contributed by atoms with Gasteiger partial charge in [0.1, 0.15) is 5.82 Å². The van der Waals surface area contributed by atoms with E-state index in [1.54, 1.807) is 13.1 Å². The molecule has 0 N–H and O–H groups in total. The van der Waals surface area contributed by atoms with Crippen molar-refractivity contribution in [1.82, 2.24) is 20.1 Å². The van der Waals surface area contributed by atoms with Crippen LogP contribution in [0.2, 0.25) is 0 Å². The molecule has 0 atom stereocenters. The first-order valence-electron chi connectivity index (χ1n) is 7.09. The van der Waals surface area contributed by atoms with Crippen molar-refractivity contribution >= 4 is 23.5 Å². The number of hydrogen-bond donors (Lipinski definition) is 0. The quantitative estimate of drug-likeness (QED) is 0.784. The molecule has 0 aromatic carbocycles. The summed E-state index contributed by atoms with van der Waals surface area (Å²) in [5, 5.41) is 8.06. The second kappa shape index (κ2) is 6.78. The first-order valence-corrected chi connectivity index (χ1v) is 8.07. The van der Waals surface area contributed by atoms with E-state index in [1.165, 1.54) is 11.8 Å². The number of nitrogens with zero attached hydrogens (tertiary/aromatic N) is 5. The van der Waals surface area contributed by atoms with Gasteiger partial charge in [0.25, 0.3) is 5.22 Å². The van der Waals surface area contributed by atoms with Crippen molar-refractivity contribution in [2.45, 2.75) is 12.1 Å². The monoisotopic (exact) mass is 319 g/mol. The molecule has 0 saturated carbocycles. The topological polar surface area (TPSA) is 75.4 Å². The van der Waals surface area contributed by atoms with Crippen molar-refractivity contribution in [1.29, 1.82) is 0 Å². The second-order valence-corrected chi connectivity index (χ2v) is 5.86. The molecule has 3 rings (SSSR count). The summed E-state index contributed by atoms with van der Waals surface area (Å²) in [6.07, 6.45) is 1.79. The van der Waals surface area contributed by atoms with Gasteiger partial charge < -0.3 is 14.2 Å². The van der Waals surface area contributed by atoms with Crippen LogP contribution < -0.4 is 4.90 Å². The minimum atomic E-state index is 0.0986. The third-order valence-electron chi connectivity index (χ3n) is 3.43. The van der Waals surface area contributed by atoms with E-state index in [4.69, 9.17) is 4.42 Å². The minimum absolute atomic E-state index is 0.0986. The Morgan fingerprint density at radius 3 is 2.73 bits per heavy atom. The highest BCUT2D eigenvalue weighted by molar-refractivity contribution is 7.99. The van der Waals surface area contributed by atoms with E-state index in [0.29, 0.717) is 30.0 Å². The number of rotatable bonds is 4. The number of carbonyl (C=O) groups is 1. The summed E-state index contributed by atoms with van der Waals surface area (Å²) in [4.78, 5) is 20.6. The van der Waals surface area contributed by atoms with Gasteiger partial charge in [-0.3, -0.25) is 4.79 Å². The van der Waals surface area contributed by atoms with E-state index in [0.717, 1.165) is 18.9 Å². The maximum atomic E-state index is 12.2. The van der Waals surface area contributed by atoms with Crippen LogP contribution in [-0.4, -0.2) is 57.9 Å². The molecule has 0 aliphatic carbocycles. The fourth-order valence-electron chi connectivity index (χ4n) is 2.28.